The number of thioether (sulfide) groups is 1. The first-order valence-electron chi connectivity index (χ1n) is 10.3. The first-order valence-corrected chi connectivity index (χ1v) is 11.3. The van der Waals surface area contributed by atoms with Crippen LogP contribution in [0.5, 0.6) is 5.75 Å². The lowest BCUT2D eigenvalue weighted by atomic mass is 10.1. The summed E-state index contributed by atoms with van der Waals surface area (Å²) in [6.07, 6.45) is -0.346. The van der Waals surface area contributed by atoms with Crippen molar-refractivity contribution in [1.82, 2.24) is 0 Å². The lowest BCUT2D eigenvalue weighted by Gasteiger charge is -2.16. The van der Waals surface area contributed by atoms with E-state index < -0.39 is 58.2 Å². The average molecular weight is 540 g/mol. The molecule has 0 unspecified atom stereocenters. The van der Waals surface area contributed by atoms with Crippen molar-refractivity contribution >= 4 is 40.9 Å². The summed E-state index contributed by atoms with van der Waals surface area (Å²) in [5.41, 5.74) is -1.11. The number of hydrogen-bond acceptors (Lipinski definition) is 5. The van der Waals surface area contributed by atoms with E-state index in [1.165, 1.54) is 12.1 Å². The van der Waals surface area contributed by atoms with Crippen LogP contribution in [0, 0.1) is 36.0 Å². The van der Waals surface area contributed by atoms with E-state index >= 15 is 0 Å². The van der Waals surface area contributed by atoms with Crippen LogP contribution in [0.15, 0.2) is 41.3 Å². The Balaban J connectivity index is 1.97. The summed E-state index contributed by atoms with van der Waals surface area (Å²) < 4.78 is 68.6. The Kier molecular flexibility index (Phi) is 8.38. The van der Waals surface area contributed by atoms with Gasteiger partial charge in [-0.25, -0.2) is 22.0 Å². The highest BCUT2D eigenvalue weighted by Gasteiger charge is 2.30. The molecule has 0 spiro atoms. The molecule has 194 valence electrons. The van der Waals surface area contributed by atoms with Gasteiger partial charge < -0.3 is 20.8 Å². The van der Waals surface area contributed by atoms with E-state index in [9.17, 15) is 41.4 Å². The lowest BCUT2D eigenvalue weighted by Crippen LogP contribution is -2.20. The molecule has 0 bridgehead atoms. The molecule has 0 saturated heterocycles. The Bertz CT molecular complexity index is 1370. The number of carbonyl (C=O) groups is 3. The normalized spacial score (nSPS) is 10.8. The fourth-order valence-corrected chi connectivity index (χ4v) is 3.99. The highest BCUT2D eigenvalue weighted by molar-refractivity contribution is 7.99. The van der Waals surface area contributed by atoms with Crippen molar-refractivity contribution in [2.45, 2.75) is 18.2 Å². The monoisotopic (exact) mass is 540 g/mol. The number of aromatic hydroxyl groups is 1. The number of aryl methyl sites for hydroxylation is 1. The van der Waals surface area contributed by atoms with Crippen molar-refractivity contribution in [3.63, 3.8) is 0 Å². The first-order chi connectivity index (χ1) is 17.4. The van der Waals surface area contributed by atoms with Crippen LogP contribution in [0.3, 0.4) is 0 Å². The number of carboxylic acids is 1. The van der Waals surface area contributed by atoms with Gasteiger partial charge >= 0.3 is 5.97 Å². The van der Waals surface area contributed by atoms with Gasteiger partial charge in [-0.3, -0.25) is 14.4 Å². The van der Waals surface area contributed by atoms with Gasteiger partial charge in [0.25, 0.3) is 11.8 Å². The largest absolute Gasteiger partial charge is 0.506 e. The van der Waals surface area contributed by atoms with E-state index in [0.717, 1.165) is 29.5 Å². The second kappa shape index (κ2) is 11.3. The zero-order valence-electron chi connectivity index (χ0n) is 18.8. The second-order valence-corrected chi connectivity index (χ2v) is 8.71. The number of benzene rings is 3. The Morgan fingerprint density at radius 3 is 1.92 bits per heavy atom. The van der Waals surface area contributed by atoms with E-state index in [0.29, 0.717) is 0 Å². The van der Waals surface area contributed by atoms with Gasteiger partial charge in [0.05, 0.1) is 17.8 Å². The number of carbonyl (C=O) groups excluding carboxylic acids is 2. The third kappa shape index (κ3) is 6.17. The van der Waals surface area contributed by atoms with Crippen LogP contribution in [0.2, 0.25) is 0 Å². The maximum absolute atomic E-state index is 14.1. The molecule has 0 aliphatic rings. The van der Waals surface area contributed by atoms with Gasteiger partial charge in [-0.05, 0) is 25.1 Å². The van der Waals surface area contributed by atoms with Crippen LogP contribution in [0.25, 0.3) is 0 Å². The van der Waals surface area contributed by atoms with Gasteiger partial charge in [-0.2, -0.15) is 0 Å². The minimum Gasteiger partial charge on any atom is -0.506 e. The smallest absolute Gasteiger partial charge is 0.304 e. The van der Waals surface area contributed by atoms with E-state index in [1.807, 2.05) is 12.2 Å². The molecule has 7 nitrogen and oxygen atoms in total. The molecule has 2 amide bonds. The third-order valence-electron chi connectivity index (χ3n) is 4.92. The summed E-state index contributed by atoms with van der Waals surface area (Å²) >= 11 is 0.824. The quantitative estimate of drug-likeness (QED) is 0.0991. The van der Waals surface area contributed by atoms with Crippen molar-refractivity contribution in [1.29, 1.82) is 0 Å². The van der Waals surface area contributed by atoms with Crippen molar-refractivity contribution in [2.24, 2.45) is 0 Å². The molecular formula is C24H17F5N2O5S. The maximum atomic E-state index is 14.1. The number of aliphatic carboxylic acids is 1. The molecule has 0 aliphatic heterocycles. The van der Waals surface area contributed by atoms with Gasteiger partial charge in [-0.15, -0.1) is 11.8 Å². The summed E-state index contributed by atoms with van der Waals surface area (Å²) in [5, 5.41) is 23.7. The molecule has 3 aromatic rings. The summed E-state index contributed by atoms with van der Waals surface area (Å²) in [6, 6.07) is 8.45. The number of phenolic OH excluding ortho intramolecular Hbond substituents is 1. The topological polar surface area (TPSA) is 116 Å². The van der Waals surface area contributed by atoms with Gasteiger partial charge in [0.15, 0.2) is 23.3 Å². The molecule has 4 N–H and O–H groups in total. The average Bonchev–Trinajstić information content (AvgIpc) is 2.84. The molecule has 3 aromatic carbocycles. The molecule has 0 aromatic heterocycles. The Labute approximate surface area is 210 Å². The molecule has 3 rings (SSSR count). The first kappa shape index (κ1) is 27.5. The van der Waals surface area contributed by atoms with Gasteiger partial charge in [-0.1, -0.05) is 17.7 Å². The molecule has 13 heteroatoms. The Morgan fingerprint density at radius 2 is 1.35 bits per heavy atom. The molecule has 0 atom stereocenters. The van der Waals surface area contributed by atoms with Crippen LogP contribution in [-0.2, 0) is 4.79 Å². The SMILES string of the molecule is Cc1ccc(C(=O)Nc2cc(SCCC(=O)O)c(NC(=O)c3c(F)c(F)c(F)c(F)c3F)cc2O)cc1. The van der Waals surface area contributed by atoms with Crippen molar-refractivity contribution < 1.29 is 46.5 Å². The Hall–Kier alpha value is -4.13. The number of nitrogens with one attached hydrogen (secondary N) is 2. The third-order valence-corrected chi connectivity index (χ3v) is 5.98. The number of carboxylic acid groups (broad SMARTS) is 1. The molecule has 0 fully saturated rings. The number of amides is 2. The number of halogens is 5. The van der Waals surface area contributed by atoms with Crippen LogP contribution < -0.4 is 10.6 Å². The van der Waals surface area contributed by atoms with Crippen LogP contribution in [-0.4, -0.2) is 33.7 Å². The summed E-state index contributed by atoms with van der Waals surface area (Å²) in [4.78, 5) is 35.9. The minimum absolute atomic E-state index is 0.0236. The zero-order chi connectivity index (χ0) is 27.4. The number of rotatable bonds is 8. The molecule has 0 saturated carbocycles. The van der Waals surface area contributed by atoms with E-state index in [1.54, 1.807) is 12.1 Å². The zero-order valence-corrected chi connectivity index (χ0v) is 19.6. The van der Waals surface area contributed by atoms with Crippen molar-refractivity contribution in [3.05, 3.63) is 82.2 Å². The number of phenols is 1. The van der Waals surface area contributed by atoms with E-state index in [-0.39, 0.29) is 34.0 Å². The summed E-state index contributed by atoms with van der Waals surface area (Å²) in [6.45, 7) is 1.81. The van der Waals surface area contributed by atoms with Crippen molar-refractivity contribution in [2.75, 3.05) is 16.4 Å². The maximum Gasteiger partial charge on any atom is 0.304 e. The van der Waals surface area contributed by atoms with Gasteiger partial charge in [0, 0.05) is 22.3 Å². The fraction of sp³-hybridized carbons (Fsp3) is 0.125. The molecule has 0 heterocycles. The number of hydrogen-bond donors (Lipinski definition) is 4. The standard InChI is InChI=1S/C24H17F5N2O5S/c1-10-2-4-11(5-3-10)23(35)30-12-9-15(37-7-6-16(33)34)13(8-14(12)32)31-24(36)17-18(25)20(27)22(29)21(28)19(17)26/h2-5,8-9,32H,6-7H2,1H3,(H,30,35)(H,31,36)(H,33,34). The van der Waals surface area contributed by atoms with Crippen LogP contribution in [0.1, 0.15) is 32.7 Å². The molecule has 0 aliphatic carbocycles. The molecule has 0 radical (unpaired) electrons. The minimum atomic E-state index is -2.44. The van der Waals surface area contributed by atoms with Crippen LogP contribution >= 0.6 is 11.8 Å². The van der Waals surface area contributed by atoms with E-state index in [4.69, 9.17) is 5.11 Å². The lowest BCUT2D eigenvalue weighted by molar-refractivity contribution is -0.136. The van der Waals surface area contributed by atoms with Crippen molar-refractivity contribution in [3.8, 4) is 5.75 Å². The fourth-order valence-electron chi connectivity index (χ4n) is 3.02. The summed E-state index contributed by atoms with van der Waals surface area (Å²) in [5.74, 6) is -16.0. The summed E-state index contributed by atoms with van der Waals surface area (Å²) in [7, 11) is 0. The predicted octanol–water partition coefficient (Wildman–Crippen LogP) is 5.47. The Morgan fingerprint density at radius 1 is 0.811 bits per heavy atom. The van der Waals surface area contributed by atoms with Gasteiger partial charge in [0.1, 0.15) is 11.3 Å². The highest BCUT2D eigenvalue weighted by Crippen LogP contribution is 2.37. The van der Waals surface area contributed by atoms with Crippen LogP contribution in [0.4, 0.5) is 33.3 Å². The predicted molar refractivity (Wildman–Crippen MR) is 124 cm³/mol. The molecule has 37 heavy (non-hydrogen) atoms. The molecular weight excluding hydrogens is 523 g/mol. The number of anilines is 2. The van der Waals surface area contributed by atoms with E-state index in [2.05, 4.69) is 5.32 Å². The highest BCUT2D eigenvalue weighted by atomic mass is 32.2. The van der Waals surface area contributed by atoms with Gasteiger partial charge in [0.2, 0.25) is 5.82 Å². The second-order valence-electron chi connectivity index (χ2n) is 7.58.